The van der Waals surface area contributed by atoms with Gasteiger partial charge in [-0.3, -0.25) is 0 Å². The Hall–Kier alpha value is -0.720. The van der Waals surface area contributed by atoms with Gasteiger partial charge in [0, 0.05) is 13.2 Å². The van der Waals surface area contributed by atoms with Crippen LogP contribution in [0.2, 0.25) is 0 Å². The van der Waals surface area contributed by atoms with Gasteiger partial charge in [0.1, 0.15) is 6.10 Å². The molecule has 0 radical (unpaired) electrons. The topological polar surface area (TPSA) is 90.2 Å². The van der Waals surface area contributed by atoms with Gasteiger partial charge < -0.3 is 25.2 Å². The zero-order chi connectivity index (χ0) is 24.9. The van der Waals surface area contributed by atoms with Crippen LogP contribution in [0.1, 0.15) is 98.3 Å². The van der Waals surface area contributed by atoms with Crippen molar-refractivity contribution in [3.8, 4) is 0 Å². The van der Waals surface area contributed by atoms with Crippen molar-refractivity contribution in [3.05, 3.63) is 23.3 Å². The third kappa shape index (κ3) is 6.94. The van der Waals surface area contributed by atoms with Crippen LogP contribution in [0, 0.1) is 23.2 Å². The largest absolute Gasteiger partial charge is 0.396 e. The second-order valence-corrected chi connectivity index (χ2v) is 12.3. The molecule has 3 aliphatic carbocycles. The number of aliphatic hydroxyl groups is 4. The lowest BCUT2D eigenvalue weighted by Crippen LogP contribution is -2.44. The predicted molar refractivity (Wildman–Crippen MR) is 136 cm³/mol. The molecule has 0 spiro atoms. The Kier molecular flexibility index (Phi) is 9.84. The van der Waals surface area contributed by atoms with Gasteiger partial charge in [0.25, 0.3) is 0 Å². The van der Waals surface area contributed by atoms with Crippen molar-refractivity contribution in [2.45, 2.75) is 122 Å². The third-order valence-electron chi connectivity index (χ3n) is 9.02. The Bertz CT molecular complexity index is 694. The van der Waals surface area contributed by atoms with Crippen LogP contribution in [-0.4, -0.2) is 57.6 Å². The monoisotopic (exact) mass is 478 g/mol. The number of hydrogen-bond acceptors (Lipinski definition) is 5. The summed E-state index contributed by atoms with van der Waals surface area (Å²) in [6.45, 7) is 9.17. The van der Waals surface area contributed by atoms with Crippen molar-refractivity contribution >= 4 is 0 Å². The zero-order valence-corrected chi connectivity index (χ0v) is 22.0. The average Bonchev–Trinajstić information content (AvgIpc) is 3.11. The van der Waals surface area contributed by atoms with E-state index in [-0.39, 0.29) is 6.61 Å². The van der Waals surface area contributed by atoms with Crippen molar-refractivity contribution in [2.75, 3.05) is 13.2 Å². The summed E-state index contributed by atoms with van der Waals surface area (Å²) >= 11 is 0. The Balaban J connectivity index is 1.62. The van der Waals surface area contributed by atoms with E-state index in [1.807, 2.05) is 13.8 Å². The van der Waals surface area contributed by atoms with Gasteiger partial charge >= 0.3 is 0 Å². The normalized spacial score (nSPS) is 36.5. The molecule has 34 heavy (non-hydrogen) atoms. The van der Waals surface area contributed by atoms with E-state index in [1.165, 1.54) is 32.1 Å². The Morgan fingerprint density at radius 1 is 1.12 bits per heavy atom. The third-order valence-corrected chi connectivity index (χ3v) is 9.02. The van der Waals surface area contributed by atoms with Crippen LogP contribution < -0.4 is 0 Å². The second kappa shape index (κ2) is 12.0. The minimum Gasteiger partial charge on any atom is -0.396 e. The highest BCUT2D eigenvalue weighted by molar-refractivity contribution is 5.26. The van der Waals surface area contributed by atoms with Gasteiger partial charge in [0.15, 0.2) is 0 Å². The quantitative estimate of drug-likeness (QED) is 0.335. The molecule has 0 unspecified atom stereocenters. The summed E-state index contributed by atoms with van der Waals surface area (Å²) in [6, 6.07) is 0. The molecule has 4 N–H and O–H groups in total. The maximum Gasteiger partial charge on any atom is 0.110 e. The first-order chi connectivity index (χ1) is 16.0. The highest BCUT2D eigenvalue weighted by atomic mass is 16.5. The van der Waals surface area contributed by atoms with E-state index >= 15 is 0 Å². The number of ether oxygens (including phenoxy) is 1. The summed E-state index contributed by atoms with van der Waals surface area (Å²) < 4.78 is 5.62. The second-order valence-electron chi connectivity index (χ2n) is 12.3. The smallest absolute Gasteiger partial charge is 0.110 e. The molecule has 0 aromatic rings. The van der Waals surface area contributed by atoms with Gasteiger partial charge in [0.2, 0.25) is 0 Å². The molecule has 3 fully saturated rings. The molecule has 0 aromatic heterocycles. The van der Waals surface area contributed by atoms with E-state index in [9.17, 15) is 15.3 Å². The van der Waals surface area contributed by atoms with Gasteiger partial charge in [-0.25, -0.2) is 0 Å². The SMILES string of the molecule is C[C@H](CCCC(C)(C)O)[C@H]1CC[C@H]2/C(=C/C=C3C[C@@H](O)C(OCCCO)[C@H](O)C3)CCC[C@]12C. The molecular weight excluding hydrogens is 428 g/mol. The fraction of sp³-hybridized carbons (Fsp3) is 0.862. The van der Waals surface area contributed by atoms with Crippen LogP contribution in [0.4, 0.5) is 0 Å². The molecule has 3 aliphatic rings. The summed E-state index contributed by atoms with van der Waals surface area (Å²) in [6.07, 6.45) is 13.5. The van der Waals surface area contributed by atoms with Gasteiger partial charge in [-0.05, 0) is 94.8 Å². The van der Waals surface area contributed by atoms with Gasteiger partial charge in [0.05, 0.1) is 17.8 Å². The van der Waals surface area contributed by atoms with Crippen LogP contribution in [0.3, 0.4) is 0 Å². The van der Waals surface area contributed by atoms with Crippen molar-refractivity contribution in [1.82, 2.24) is 0 Å². The molecule has 6 atom stereocenters. The molecule has 196 valence electrons. The summed E-state index contributed by atoms with van der Waals surface area (Å²) in [5, 5.41) is 40.1. The number of hydrogen-bond donors (Lipinski definition) is 4. The first kappa shape index (κ1) is 27.9. The minimum atomic E-state index is -0.704. The molecule has 0 aliphatic heterocycles. The standard InChI is InChI=1S/C29H50O5/c1-20(8-5-14-28(2,3)33)23-12-13-24-22(9-6-15-29(23,24)4)11-10-21-18-25(31)27(26(32)19-21)34-17-7-16-30/h10-11,20,23-27,30-33H,5-9,12-19H2,1-4H3/b21-10?,22-11+/t20-,23-,24+,25-,26-,27?,29-/m1/s1. The summed E-state index contributed by atoms with van der Waals surface area (Å²) in [4.78, 5) is 0. The van der Waals surface area contributed by atoms with Gasteiger partial charge in [-0.1, -0.05) is 50.0 Å². The van der Waals surface area contributed by atoms with Gasteiger partial charge in [-0.15, -0.1) is 0 Å². The number of fused-ring (bicyclic) bond motifs is 1. The Morgan fingerprint density at radius 3 is 2.47 bits per heavy atom. The fourth-order valence-electron chi connectivity index (χ4n) is 7.25. The molecule has 3 rings (SSSR count). The highest BCUT2D eigenvalue weighted by Crippen LogP contribution is 2.60. The average molecular weight is 479 g/mol. The minimum absolute atomic E-state index is 0.0538. The van der Waals surface area contributed by atoms with Crippen LogP contribution >= 0.6 is 0 Å². The molecular formula is C29H50O5. The van der Waals surface area contributed by atoms with E-state index in [2.05, 4.69) is 26.0 Å². The van der Waals surface area contributed by atoms with E-state index in [1.54, 1.807) is 5.57 Å². The maximum atomic E-state index is 10.5. The highest BCUT2D eigenvalue weighted by Gasteiger charge is 2.50. The molecule has 3 saturated carbocycles. The van der Waals surface area contributed by atoms with Crippen molar-refractivity contribution in [1.29, 1.82) is 0 Å². The van der Waals surface area contributed by atoms with Crippen molar-refractivity contribution in [2.24, 2.45) is 23.2 Å². The molecule has 0 heterocycles. The molecule has 0 amide bonds. The van der Waals surface area contributed by atoms with E-state index in [0.717, 1.165) is 30.8 Å². The molecule has 0 bridgehead atoms. The summed E-state index contributed by atoms with van der Waals surface area (Å²) in [7, 11) is 0. The number of rotatable bonds is 10. The van der Waals surface area contributed by atoms with Crippen LogP contribution in [0.5, 0.6) is 0 Å². The predicted octanol–water partition coefficient (Wildman–Crippen LogP) is 4.92. The lowest BCUT2D eigenvalue weighted by atomic mass is 9.60. The van der Waals surface area contributed by atoms with Crippen molar-refractivity contribution in [3.63, 3.8) is 0 Å². The Morgan fingerprint density at radius 2 is 1.82 bits per heavy atom. The number of aliphatic hydroxyl groups excluding tert-OH is 3. The molecule has 5 heteroatoms. The molecule has 0 aromatic carbocycles. The number of allylic oxidation sites excluding steroid dienone is 3. The van der Waals surface area contributed by atoms with E-state index in [4.69, 9.17) is 9.84 Å². The lowest BCUT2D eigenvalue weighted by molar-refractivity contribution is -0.111. The maximum absolute atomic E-state index is 10.5. The Labute approximate surface area is 207 Å². The summed E-state index contributed by atoms with van der Waals surface area (Å²) in [5.74, 6) is 2.06. The van der Waals surface area contributed by atoms with E-state index in [0.29, 0.717) is 43.1 Å². The van der Waals surface area contributed by atoms with Crippen LogP contribution in [0.25, 0.3) is 0 Å². The first-order valence-corrected chi connectivity index (χ1v) is 13.7. The van der Waals surface area contributed by atoms with Gasteiger partial charge in [-0.2, -0.15) is 0 Å². The first-order valence-electron chi connectivity index (χ1n) is 13.7. The van der Waals surface area contributed by atoms with E-state index < -0.39 is 23.9 Å². The lowest BCUT2D eigenvalue weighted by Gasteiger charge is -2.44. The van der Waals surface area contributed by atoms with Crippen molar-refractivity contribution < 1.29 is 25.2 Å². The zero-order valence-electron chi connectivity index (χ0n) is 22.0. The fourth-order valence-corrected chi connectivity index (χ4v) is 7.25. The molecule has 5 nitrogen and oxygen atoms in total. The van der Waals surface area contributed by atoms with Crippen LogP contribution in [-0.2, 0) is 4.74 Å². The molecule has 0 saturated heterocycles. The van der Waals surface area contributed by atoms with Crippen LogP contribution in [0.15, 0.2) is 23.3 Å². The summed E-state index contributed by atoms with van der Waals surface area (Å²) in [5.41, 5.74) is 2.43.